The molecule has 0 fully saturated rings. The molecule has 2 rings (SSSR count). The summed E-state index contributed by atoms with van der Waals surface area (Å²) in [5, 5.41) is 0. The molecule has 1 heterocycles. The minimum Gasteiger partial charge on any atom is -0.371 e. The van der Waals surface area contributed by atoms with Gasteiger partial charge in [0.1, 0.15) is 0 Å². The second-order valence-electron chi connectivity index (χ2n) is 4.13. The average molecular weight is 190 g/mol. The fraction of sp³-hybridized carbons (Fsp3) is 0.500. The molecule has 0 aromatic heterocycles. The number of likely N-dealkylation sites (N-methyl/N-ethyl adjacent to an activating group) is 1. The maximum atomic E-state index is 5.56. The van der Waals surface area contributed by atoms with E-state index in [1.807, 2.05) is 0 Å². The number of allylic oxidation sites excluding steroid dienone is 2. The molecule has 2 atom stereocenters. The predicted octanol–water partition coefficient (Wildman–Crippen LogP) is 1.67. The monoisotopic (exact) mass is 190 g/mol. The zero-order valence-corrected chi connectivity index (χ0v) is 8.90. The normalized spacial score (nSPS) is 30.1. The van der Waals surface area contributed by atoms with Crippen molar-refractivity contribution in [3.05, 3.63) is 35.6 Å². The Labute approximate surface area is 85.8 Å². The summed E-state index contributed by atoms with van der Waals surface area (Å²) in [5.41, 5.74) is 8.31. The van der Waals surface area contributed by atoms with Crippen molar-refractivity contribution in [1.29, 1.82) is 0 Å². The van der Waals surface area contributed by atoms with Gasteiger partial charge >= 0.3 is 0 Å². The van der Waals surface area contributed by atoms with Crippen molar-refractivity contribution in [2.45, 2.75) is 19.4 Å². The van der Waals surface area contributed by atoms with Crippen molar-refractivity contribution in [2.24, 2.45) is 11.7 Å². The Kier molecular flexibility index (Phi) is 2.46. The molecule has 76 valence electrons. The van der Waals surface area contributed by atoms with Crippen LogP contribution < -0.4 is 5.73 Å². The molecule has 1 aliphatic heterocycles. The SMILES string of the molecule is CC1=CC2C=CC(CCN)=CC2N1C. The van der Waals surface area contributed by atoms with Crippen LogP contribution in [0.15, 0.2) is 35.6 Å². The van der Waals surface area contributed by atoms with Gasteiger partial charge in [-0.15, -0.1) is 0 Å². The molecule has 0 bridgehead atoms. The molecule has 1 aliphatic carbocycles. The molecule has 2 heteroatoms. The van der Waals surface area contributed by atoms with E-state index in [0.717, 1.165) is 13.0 Å². The van der Waals surface area contributed by atoms with Crippen molar-refractivity contribution in [1.82, 2.24) is 4.90 Å². The van der Waals surface area contributed by atoms with Gasteiger partial charge in [0.05, 0.1) is 6.04 Å². The number of nitrogens with two attached hydrogens (primary N) is 1. The molecule has 2 N–H and O–H groups in total. The molecular weight excluding hydrogens is 172 g/mol. The van der Waals surface area contributed by atoms with Gasteiger partial charge in [0.2, 0.25) is 0 Å². The van der Waals surface area contributed by atoms with Gasteiger partial charge < -0.3 is 10.6 Å². The van der Waals surface area contributed by atoms with Gasteiger partial charge in [0.15, 0.2) is 0 Å². The summed E-state index contributed by atoms with van der Waals surface area (Å²) in [6, 6.07) is 0.529. The van der Waals surface area contributed by atoms with E-state index in [4.69, 9.17) is 5.73 Å². The van der Waals surface area contributed by atoms with Crippen LogP contribution in [-0.2, 0) is 0 Å². The lowest BCUT2D eigenvalue weighted by Gasteiger charge is -2.27. The maximum Gasteiger partial charge on any atom is 0.0570 e. The Morgan fingerprint density at radius 2 is 2.21 bits per heavy atom. The van der Waals surface area contributed by atoms with Crippen molar-refractivity contribution in [3.63, 3.8) is 0 Å². The van der Waals surface area contributed by atoms with Crippen LogP contribution in [0.2, 0.25) is 0 Å². The zero-order valence-electron chi connectivity index (χ0n) is 8.90. The highest BCUT2D eigenvalue weighted by Gasteiger charge is 2.28. The van der Waals surface area contributed by atoms with Crippen LogP contribution in [-0.4, -0.2) is 24.5 Å². The zero-order chi connectivity index (χ0) is 10.1. The molecule has 0 amide bonds. The van der Waals surface area contributed by atoms with E-state index in [1.54, 1.807) is 0 Å². The molecule has 2 aliphatic rings. The third-order valence-electron chi connectivity index (χ3n) is 3.18. The number of rotatable bonds is 2. The molecule has 14 heavy (non-hydrogen) atoms. The lowest BCUT2D eigenvalue weighted by molar-refractivity contribution is 0.355. The Morgan fingerprint density at radius 1 is 1.43 bits per heavy atom. The molecule has 0 saturated heterocycles. The largest absolute Gasteiger partial charge is 0.371 e. The number of nitrogens with zero attached hydrogens (tertiary/aromatic N) is 1. The summed E-state index contributed by atoms with van der Waals surface area (Å²) in [7, 11) is 2.16. The minimum atomic E-state index is 0.529. The van der Waals surface area contributed by atoms with E-state index < -0.39 is 0 Å². The summed E-state index contributed by atoms with van der Waals surface area (Å²) in [6.45, 7) is 2.91. The van der Waals surface area contributed by atoms with Gasteiger partial charge in [0.25, 0.3) is 0 Å². The highest BCUT2D eigenvalue weighted by atomic mass is 15.2. The molecule has 0 saturated carbocycles. The quantitative estimate of drug-likeness (QED) is 0.717. The van der Waals surface area contributed by atoms with Gasteiger partial charge in [0, 0.05) is 18.7 Å². The maximum absolute atomic E-state index is 5.56. The van der Waals surface area contributed by atoms with Crippen LogP contribution >= 0.6 is 0 Å². The van der Waals surface area contributed by atoms with Crippen LogP contribution in [0.3, 0.4) is 0 Å². The third kappa shape index (κ3) is 1.50. The predicted molar refractivity (Wildman–Crippen MR) is 59.7 cm³/mol. The summed E-state index contributed by atoms with van der Waals surface area (Å²) in [4.78, 5) is 2.34. The van der Waals surface area contributed by atoms with Gasteiger partial charge in [-0.05, 0) is 25.5 Å². The Balaban J connectivity index is 2.16. The van der Waals surface area contributed by atoms with Crippen LogP contribution in [0.25, 0.3) is 0 Å². The number of fused-ring (bicyclic) bond motifs is 1. The second-order valence-corrected chi connectivity index (χ2v) is 4.13. The Bertz CT molecular complexity index is 312. The highest BCUT2D eigenvalue weighted by molar-refractivity contribution is 5.34. The smallest absolute Gasteiger partial charge is 0.0570 e. The van der Waals surface area contributed by atoms with Crippen LogP contribution in [0.1, 0.15) is 13.3 Å². The van der Waals surface area contributed by atoms with E-state index in [2.05, 4.69) is 43.2 Å². The Hall–Kier alpha value is -1.02. The van der Waals surface area contributed by atoms with E-state index in [1.165, 1.54) is 11.3 Å². The van der Waals surface area contributed by atoms with Crippen molar-refractivity contribution in [2.75, 3.05) is 13.6 Å². The van der Waals surface area contributed by atoms with Crippen LogP contribution in [0.5, 0.6) is 0 Å². The van der Waals surface area contributed by atoms with Crippen LogP contribution in [0.4, 0.5) is 0 Å². The van der Waals surface area contributed by atoms with E-state index >= 15 is 0 Å². The molecular formula is C12H18N2. The topological polar surface area (TPSA) is 29.3 Å². The summed E-state index contributed by atoms with van der Waals surface area (Å²) in [5.74, 6) is 0.571. The summed E-state index contributed by atoms with van der Waals surface area (Å²) in [6.07, 6.45) is 10.2. The molecule has 0 aromatic carbocycles. The second kappa shape index (κ2) is 3.62. The standard InChI is InChI=1S/C12H18N2/c1-9-7-11-4-3-10(5-6-13)8-12(11)14(9)2/h3-4,7-8,11-12H,5-6,13H2,1-2H3. The first kappa shape index (κ1) is 9.53. The number of hydrogen-bond acceptors (Lipinski definition) is 2. The summed E-state index contributed by atoms with van der Waals surface area (Å²) < 4.78 is 0. The van der Waals surface area contributed by atoms with Crippen molar-refractivity contribution in [3.8, 4) is 0 Å². The third-order valence-corrected chi connectivity index (χ3v) is 3.18. The molecule has 0 aromatic rings. The fourth-order valence-electron chi connectivity index (χ4n) is 2.22. The van der Waals surface area contributed by atoms with E-state index in [9.17, 15) is 0 Å². The fourth-order valence-corrected chi connectivity index (χ4v) is 2.22. The average Bonchev–Trinajstić information content (AvgIpc) is 2.45. The van der Waals surface area contributed by atoms with E-state index in [-0.39, 0.29) is 0 Å². The first-order chi connectivity index (χ1) is 6.72. The van der Waals surface area contributed by atoms with Gasteiger partial charge in [-0.25, -0.2) is 0 Å². The highest BCUT2D eigenvalue weighted by Crippen LogP contribution is 2.31. The first-order valence-electron chi connectivity index (χ1n) is 5.22. The van der Waals surface area contributed by atoms with Crippen LogP contribution in [0, 0.1) is 5.92 Å². The minimum absolute atomic E-state index is 0.529. The molecule has 2 nitrogen and oxygen atoms in total. The molecule has 0 radical (unpaired) electrons. The number of hydrogen-bond donors (Lipinski definition) is 1. The van der Waals surface area contributed by atoms with Crippen molar-refractivity contribution < 1.29 is 0 Å². The van der Waals surface area contributed by atoms with Crippen molar-refractivity contribution >= 4 is 0 Å². The van der Waals surface area contributed by atoms with Gasteiger partial charge in [-0.3, -0.25) is 0 Å². The lowest BCUT2D eigenvalue weighted by Crippen LogP contribution is -2.29. The summed E-state index contributed by atoms with van der Waals surface area (Å²) >= 11 is 0. The van der Waals surface area contributed by atoms with Gasteiger partial charge in [-0.1, -0.05) is 24.3 Å². The molecule has 2 unspecified atom stereocenters. The Morgan fingerprint density at radius 3 is 2.93 bits per heavy atom. The first-order valence-corrected chi connectivity index (χ1v) is 5.22. The lowest BCUT2D eigenvalue weighted by atomic mass is 9.92. The van der Waals surface area contributed by atoms with E-state index in [0.29, 0.717) is 12.0 Å². The van der Waals surface area contributed by atoms with Gasteiger partial charge in [-0.2, -0.15) is 0 Å². The molecule has 0 spiro atoms.